The quantitative estimate of drug-likeness (QED) is 0.165. The fraction of sp³-hybridized carbons (Fsp3) is 0.391. The van der Waals surface area contributed by atoms with Gasteiger partial charge in [0.2, 0.25) is 0 Å². The van der Waals surface area contributed by atoms with Crippen molar-refractivity contribution in [1.82, 2.24) is 19.3 Å². The average Bonchev–Trinajstić information content (AvgIpc) is 3.55. The molecule has 0 saturated carbocycles. The molecule has 0 saturated heterocycles. The van der Waals surface area contributed by atoms with Crippen LogP contribution in [0.15, 0.2) is 90.6 Å². The molecule has 5 nitrogen and oxygen atoms in total. The molecule has 7 rings (SSSR count). The number of nitrogens with zero attached hydrogens (tertiary/aromatic N) is 4. The van der Waals surface area contributed by atoms with Crippen LogP contribution in [0.2, 0.25) is 0 Å². The second-order valence-corrected chi connectivity index (χ2v) is 17.2. The number of allylic oxidation sites excluding steroid dienone is 2. The summed E-state index contributed by atoms with van der Waals surface area (Å²) >= 11 is 0. The Morgan fingerprint density at radius 3 is 2.25 bits per heavy atom. The summed E-state index contributed by atoms with van der Waals surface area (Å²) in [6, 6.07) is 25.7. The van der Waals surface area contributed by atoms with Gasteiger partial charge in [-0.05, 0) is 110 Å². The molecule has 264 valence electrons. The van der Waals surface area contributed by atoms with Crippen molar-refractivity contribution >= 4 is 21.8 Å². The Morgan fingerprint density at radius 2 is 1.55 bits per heavy atom. The summed E-state index contributed by atoms with van der Waals surface area (Å²) in [6.07, 6.45) is 6.75. The summed E-state index contributed by atoms with van der Waals surface area (Å²) in [7, 11) is 0. The molecule has 3 heterocycles. The Kier molecular flexibility index (Phi) is 8.76. The van der Waals surface area contributed by atoms with Crippen molar-refractivity contribution in [2.24, 2.45) is 16.7 Å². The van der Waals surface area contributed by atoms with Gasteiger partial charge in [0.05, 0.1) is 22.4 Å². The first-order valence-corrected chi connectivity index (χ1v) is 18.7. The summed E-state index contributed by atoms with van der Waals surface area (Å²) in [6.45, 7) is 25.4. The number of ether oxygens (including phenoxy) is 1. The van der Waals surface area contributed by atoms with Gasteiger partial charge in [0.1, 0.15) is 17.3 Å². The third-order valence-electron chi connectivity index (χ3n) is 11.1. The van der Waals surface area contributed by atoms with Gasteiger partial charge < -0.3 is 4.74 Å². The fourth-order valence-electron chi connectivity index (χ4n) is 8.51. The summed E-state index contributed by atoms with van der Waals surface area (Å²) in [5, 5.41) is 7.65. The van der Waals surface area contributed by atoms with Crippen molar-refractivity contribution < 1.29 is 4.74 Å². The van der Waals surface area contributed by atoms with Gasteiger partial charge in [-0.1, -0.05) is 85.2 Å². The number of aryl methyl sites for hydroxylation is 2. The number of pyridine rings is 1. The fourth-order valence-corrected chi connectivity index (χ4v) is 8.51. The minimum Gasteiger partial charge on any atom is -0.457 e. The molecule has 0 amide bonds. The number of rotatable bonds is 6. The van der Waals surface area contributed by atoms with Gasteiger partial charge in [0.15, 0.2) is 0 Å². The van der Waals surface area contributed by atoms with Crippen molar-refractivity contribution in [2.45, 2.75) is 101 Å². The molecule has 0 fully saturated rings. The van der Waals surface area contributed by atoms with Crippen LogP contribution in [-0.4, -0.2) is 19.3 Å². The predicted molar refractivity (Wildman–Crippen MR) is 213 cm³/mol. The Hall–Kier alpha value is -4.64. The molecule has 1 aliphatic carbocycles. The number of aromatic nitrogens is 4. The summed E-state index contributed by atoms with van der Waals surface area (Å²) in [4.78, 5) is 4.77. The molecule has 0 N–H and O–H groups in total. The highest BCUT2D eigenvalue weighted by Gasteiger charge is 2.42. The summed E-state index contributed by atoms with van der Waals surface area (Å²) in [5.41, 5.74) is 11.1. The van der Waals surface area contributed by atoms with Crippen molar-refractivity contribution in [1.29, 1.82) is 0 Å². The van der Waals surface area contributed by atoms with Crippen LogP contribution in [0.1, 0.15) is 108 Å². The largest absolute Gasteiger partial charge is 0.457 e. The first-order chi connectivity index (χ1) is 24.1. The zero-order valence-electron chi connectivity index (χ0n) is 32.4. The summed E-state index contributed by atoms with van der Waals surface area (Å²) in [5.74, 6) is 3.68. The van der Waals surface area contributed by atoms with E-state index >= 15 is 0 Å². The maximum atomic E-state index is 6.78. The molecule has 0 bridgehead atoms. The molecule has 5 heteroatoms. The Balaban J connectivity index is 1.33. The van der Waals surface area contributed by atoms with Crippen LogP contribution in [0.25, 0.3) is 33.3 Å². The normalized spacial score (nSPS) is 17.1. The van der Waals surface area contributed by atoms with E-state index in [0.29, 0.717) is 17.8 Å². The lowest BCUT2D eigenvalue weighted by Gasteiger charge is -2.45. The van der Waals surface area contributed by atoms with Crippen molar-refractivity contribution in [2.75, 3.05) is 0 Å². The molecule has 0 radical (unpaired) electrons. The molecule has 51 heavy (non-hydrogen) atoms. The predicted octanol–water partition coefficient (Wildman–Crippen LogP) is 12.7. The second-order valence-electron chi connectivity index (χ2n) is 17.2. The number of hydrogen-bond acceptors (Lipinski definition) is 3. The highest BCUT2D eigenvalue weighted by atomic mass is 16.5. The highest BCUT2D eigenvalue weighted by Crippen LogP contribution is 2.53. The molecule has 3 aromatic carbocycles. The first kappa shape index (κ1) is 34.8. The van der Waals surface area contributed by atoms with Crippen LogP contribution in [-0.2, 0) is 0 Å². The SMILES string of the molecule is Cc1ccnc(-n2c3ccccc3c3ccc(Oc4cc(C(C)C)cc(-n5nc(C)c(C6C(C(C)(C)C)=CCC[C@@H]6C(C)(C)C)c5C)c4)cc32)c1. The Morgan fingerprint density at radius 1 is 0.804 bits per heavy atom. The van der Waals surface area contributed by atoms with E-state index in [1.807, 2.05) is 12.3 Å². The number of fused-ring (bicyclic) bond motifs is 3. The van der Waals surface area contributed by atoms with Crippen molar-refractivity contribution in [3.05, 3.63) is 119 Å². The number of para-hydroxylation sites is 1. The van der Waals surface area contributed by atoms with Crippen LogP contribution >= 0.6 is 0 Å². The molecule has 0 spiro atoms. The first-order valence-electron chi connectivity index (χ1n) is 18.7. The van der Waals surface area contributed by atoms with E-state index in [2.05, 4.69) is 158 Å². The third-order valence-corrected chi connectivity index (χ3v) is 11.1. The Labute approximate surface area is 304 Å². The van der Waals surface area contributed by atoms with E-state index in [-0.39, 0.29) is 10.8 Å². The lowest BCUT2D eigenvalue weighted by Crippen LogP contribution is -2.34. The van der Waals surface area contributed by atoms with E-state index in [0.717, 1.165) is 46.2 Å². The van der Waals surface area contributed by atoms with E-state index in [1.54, 1.807) is 5.57 Å². The molecule has 6 aromatic rings. The van der Waals surface area contributed by atoms with Gasteiger partial charge in [0, 0.05) is 46.3 Å². The highest BCUT2D eigenvalue weighted by molar-refractivity contribution is 6.09. The smallest absolute Gasteiger partial charge is 0.137 e. The lowest BCUT2D eigenvalue weighted by atomic mass is 9.59. The third kappa shape index (κ3) is 6.41. The van der Waals surface area contributed by atoms with Gasteiger partial charge in [0.25, 0.3) is 0 Å². The van der Waals surface area contributed by atoms with Gasteiger partial charge in [-0.25, -0.2) is 9.67 Å². The van der Waals surface area contributed by atoms with Gasteiger partial charge in [-0.2, -0.15) is 5.10 Å². The average molecular weight is 679 g/mol. The molecular weight excluding hydrogens is 625 g/mol. The van der Waals surface area contributed by atoms with Crippen molar-refractivity contribution in [3.63, 3.8) is 0 Å². The maximum absolute atomic E-state index is 6.78. The van der Waals surface area contributed by atoms with Crippen LogP contribution in [0, 0.1) is 37.5 Å². The second kappa shape index (κ2) is 12.8. The zero-order chi connectivity index (χ0) is 36.4. The molecule has 2 atom stereocenters. The van der Waals surface area contributed by atoms with Crippen LogP contribution in [0.4, 0.5) is 0 Å². The van der Waals surface area contributed by atoms with Gasteiger partial charge in [-0.15, -0.1) is 0 Å². The van der Waals surface area contributed by atoms with E-state index < -0.39 is 0 Å². The molecule has 0 aliphatic heterocycles. The van der Waals surface area contributed by atoms with Gasteiger partial charge in [-0.3, -0.25) is 4.57 Å². The van der Waals surface area contributed by atoms with E-state index in [4.69, 9.17) is 14.8 Å². The molecule has 3 aromatic heterocycles. The zero-order valence-corrected chi connectivity index (χ0v) is 32.4. The van der Waals surface area contributed by atoms with Crippen molar-refractivity contribution in [3.8, 4) is 23.0 Å². The number of hydrogen-bond donors (Lipinski definition) is 0. The summed E-state index contributed by atoms with van der Waals surface area (Å²) < 4.78 is 11.2. The van der Waals surface area contributed by atoms with E-state index in [1.165, 1.54) is 39.6 Å². The minimum atomic E-state index is 0.0797. The molecule has 1 unspecified atom stereocenters. The van der Waals surface area contributed by atoms with Crippen LogP contribution in [0.5, 0.6) is 11.5 Å². The van der Waals surface area contributed by atoms with Gasteiger partial charge >= 0.3 is 0 Å². The van der Waals surface area contributed by atoms with Crippen LogP contribution in [0.3, 0.4) is 0 Å². The monoisotopic (exact) mass is 678 g/mol. The number of benzene rings is 3. The van der Waals surface area contributed by atoms with Crippen LogP contribution < -0.4 is 4.74 Å². The van der Waals surface area contributed by atoms with E-state index in [9.17, 15) is 0 Å². The minimum absolute atomic E-state index is 0.0797. The maximum Gasteiger partial charge on any atom is 0.137 e. The Bertz CT molecular complexity index is 2280. The standard InChI is InChI=1S/C46H54N4O/c1-28(2)32-24-33(50-31(5)43(30(4)48-50)44-38(45(6,7)8)16-14-17-39(44)46(9,10)11)26-35(25-32)51-34-19-20-37-36-15-12-13-18-40(36)49(41(37)27-34)42-23-29(3)21-22-47-42/h12-13,15-16,18-28,39,44H,14,17H2,1-11H3/t39-,44?/m0/s1. The molecule has 1 aliphatic rings. The topological polar surface area (TPSA) is 44.9 Å². The molecular formula is C46H54N4O. The lowest BCUT2D eigenvalue weighted by molar-refractivity contribution is 0.180.